The minimum Gasteiger partial charge on any atom is -0.461 e. The Bertz CT molecular complexity index is 1630. The average molecular weight is 573 g/mol. The lowest BCUT2D eigenvalue weighted by atomic mass is 9.87. The van der Waals surface area contributed by atoms with Crippen molar-refractivity contribution in [3.05, 3.63) is 53.4 Å². The van der Waals surface area contributed by atoms with Gasteiger partial charge in [0, 0.05) is 47.3 Å². The Labute approximate surface area is 244 Å². The van der Waals surface area contributed by atoms with Crippen LogP contribution in [0.15, 0.2) is 42.6 Å². The molecule has 0 saturated carbocycles. The molecule has 4 aromatic rings. The first-order valence-corrected chi connectivity index (χ1v) is 15.4. The van der Waals surface area contributed by atoms with Gasteiger partial charge in [0.15, 0.2) is 5.82 Å². The summed E-state index contributed by atoms with van der Waals surface area (Å²) >= 11 is 6.61. The summed E-state index contributed by atoms with van der Waals surface area (Å²) in [5, 5.41) is 6.59. The second kappa shape index (κ2) is 10.0. The minimum atomic E-state index is -0.472. The number of piperidine rings is 1. The quantitative estimate of drug-likeness (QED) is 0.316. The second-order valence-electron chi connectivity index (χ2n) is 12.3. The van der Waals surface area contributed by atoms with Gasteiger partial charge in [-0.2, -0.15) is 9.97 Å². The number of piperazine rings is 1. The first-order valence-electron chi connectivity index (χ1n) is 15.0. The fraction of sp³-hybridized carbons (Fsp3) is 0.469. The predicted octanol–water partition coefficient (Wildman–Crippen LogP) is 5.98. The largest absolute Gasteiger partial charge is 0.461 e. The van der Waals surface area contributed by atoms with Crippen LogP contribution in [-0.2, 0) is 0 Å². The number of rotatable bonds is 5. The van der Waals surface area contributed by atoms with Gasteiger partial charge in [-0.3, -0.25) is 9.88 Å². The molecular formula is C32H34ClFN6O. The zero-order valence-electron chi connectivity index (χ0n) is 23.1. The van der Waals surface area contributed by atoms with Crippen LogP contribution < -0.4 is 15.0 Å². The lowest BCUT2D eigenvalue weighted by Crippen LogP contribution is -2.52. The molecule has 1 unspecified atom stereocenters. The highest BCUT2D eigenvalue weighted by Gasteiger charge is 2.43. The summed E-state index contributed by atoms with van der Waals surface area (Å²) in [4.78, 5) is 19.2. The van der Waals surface area contributed by atoms with Gasteiger partial charge < -0.3 is 15.0 Å². The maximum Gasteiger partial charge on any atom is 0.319 e. The molecule has 3 atom stereocenters. The molecule has 8 rings (SSSR count). The van der Waals surface area contributed by atoms with E-state index in [4.69, 9.17) is 26.3 Å². The number of benzene rings is 2. The third-order valence-corrected chi connectivity index (χ3v) is 10.1. The number of nitrogens with one attached hydrogen (secondary N) is 1. The Kier molecular flexibility index (Phi) is 6.27. The molecule has 4 aliphatic heterocycles. The van der Waals surface area contributed by atoms with Crippen molar-refractivity contribution in [1.82, 2.24) is 25.2 Å². The van der Waals surface area contributed by atoms with Gasteiger partial charge in [0.1, 0.15) is 23.6 Å². The van der Waals surface area contributed by atoms with Crippen molar-refractivity contribution in [2.75, 3.05) is 37.7 Å². The average Bonchev–Trinajstić information content (AvgIpc) is 3.58. The lowest BCUT2D eigenvalue weighted by Gasteiger charge is -2.41. The summed E-state index contributed by atoms with van der Waals surface area (Å²) in [5.74, 6) is 0.238. The Morgan fingerprint density at radius 1 is 1.00 bits per heavy atom. The molecule has 6 heterocycles. The Morgan fingerprint density at radius 3 is 2.63 bits per heavy atom. The predicted molar refractivity (Wildman–Crippen MR) is 160 cm³/mol. The molecule has 212 valence electrons. The molecule has 41 heavy (non-hydrogen) atoms. The molecule has 0 radical (unpaired) electrons. The topological polar surface area (TPSA) is 66.4 Å². The van der Waals surface area contributed by atoms with Crippen molar-refractivity contribution in [2.24, 2.45) is 0 Å². The number of hydrogen-bond donors (Lipinski definition) is 1. The molecule has 1 N–H and O–H groups in total. The van der Waals surface area contributed by atoms with Crippen molar-refractivity contribution < 1.29 is 9.13 Å². The molecule has 9 heteroatoms. The van der Waals surface area contributed by atoms with Crippen LogP contribution in [0.3, 0.4) is 0 Å². The van der Waals surface area contributed by atoms with E-state index in [0.717, 1.165) is 62.6 Å². The summed E-state index contributed by atoms with van der Waals surface area (Å²) in [5.41, 5.74) is 1.17. The number of ether oxygens (including phenoxy) is 1. The maximum absolute atomic E-state index is 16.6. The first kappa shape index (κ1) is 25.6. The van der Waals surface area contributed by atoms with Crippen LogP contribution in [-0.4, -0.2) is 70.3 Å². The third-order valence-electron chi connectivity index (χ3n) is 9.80. The van der Waals surface area contributed by atoms with Crippen LogP contribution in [0.2, 0.25) is 5.02 Å². The van der Waals surface area contributed by atoms with E-state index in [9.17, 15) is 0 Å². The Hall–Kier alpha value is -3.07. The van der Waals surface area contributed by atoms with Gasteiger partial charge in [-0.25, -0.2) is 4.39 Å². The van der Waals surface area contributed by atoms with E-state index < -0.39 is 5.82 Å². The monoisotopic (exact) mass is 572 g/mol. The number of anilines is 1. The van der Waals surface area contributed by atoms with Gasteiger partial charge in [0.25, 0.3) is 0 Å². The van der Waals surface area contributed by atoms with Crippen molar-refractivity contribution in [3.8, 4) is 17.3 Å². The molecule has 4 aliphatic rings. The fourth-order valence-electron chi connectivity index (χ4n) is 7.80. The highest BCUT2D eigenvalue weighted by molar-refractivity contribution is 6.36. The van der Waals surface area contributed by atoms with Crippen molar-refractivity contribution in [1.29, 1.82) is 0 Å². The van der Waals surface area contributed by atoms with E-state index in [1.54, 1.807) is 6.20 Å². The molecule has 2 aromatic carbocycles. The van der Waals surface area contributed by atoms with Gasteiger partial charge in [-0.05, 0) is 63.1 Å². The SMILES string of the molecule is Fc1c(-c2cccc3cccc(Cl)c23)ncc2c(N3C[C@H]4CC[C@@H](C3)N4)nc(OCC34CCCCN3CCC4)nc12. The molecule has 7 nitrogen and oxygen atoms in total. The number of aromatic nitrogens is 3. The minimum absolute atomic E-state index is 0.0343. The Morgan fingerprint density at radius 2 is 1.78 bits per heavy atom. The number of halogens is 2. The van der Waals surface area contributed by atoms with Gasteiger partial charge >= 0.3 is 6.01 Å². The normalized spacial score (nSPS) is 26.1. The molecule has 0 aliphatic carbocycles. The van der Waals surface area contributed by atoms with Crippen LogP contribution in [0.25, 0.3) is 32.9 Å². The summed E-state index contributed by atoms with van der Waals surface area (Å²) in [6, 6.07) is 12.5. The molecule has 0 spiro atoms. The van der Waals surface area contributed by atoms with Gasteiger partial charge in [0.2, 0.25) is 0 Å². The molecule has 4 fully saturated rings. The summed E-state index contributed by atoms with van der Waals surface area (Å²) in [6.07, 6.45) is 9.90. The van der Waals surface area contributed by atoms with E-state index in [1.807, 2.05) is 36.4 Å². The van der Waals surface area contributed by atoms with Crippen LogP contribution in [0.1, 0.15) is 44.9 Å². The van der Waals surface area contributed by atoms with E-state index in [1.165, 1.54) is 19.3 Å². The van der Waals surface area contributed by atoms with Gasteiger partial charge in [-0.1, -0.05) is 48.4 Å². The summed E-state index contributed by atoms with van der Waals surface area (Å²) in [6.45, 7) is 4.41. The summed E-state index contributed by atoms with van der Waals surface area (Å²) < 4.78 is 23.1. The fourth-order valence-corrected chi connectivity index (χ4v) is 8.08. The highest BCUT2D eigenvalue weighted by Crippen LogP contribution is 2.40. The zero-order valence-corrected chi connectivity index (χ0v) is 23.8. The number of nitrogens with zero attached hydrogens (tertiary/aromatic N) is 5. The van der Waals surface area contributed by atoms with Crippen LogP contribution in [0.5, 0.6) is 6.01 Å². The van der Waals surface area contributed by atoms with Gasteiger partial charge in [-0.15, -0.1) is 0 Å². The molecular weight excluding hydrogens is 539 g/mol. The molecule has 2 aromatic heterocycles. The number of hydrogen-bond acceptors (Lipinski definition) is 7. The Balaban J connectivity index is 1.24. The second-order valence-corrected chi connectivity index (χ2v) is 12.7. The van der Waals surface area contributed by atoms with E-state index in [0.29, 0.717) is 40.5 Å². The van der Waals surface area contributed by atoms with Crippen LogP contribution >= 0.6 is 11.6 Å². The third kappa shape index (κ3) is 4.34. The van der Waals surface area contributed by atoms with Gasteiger partial charge in [0.05, 0.1) is 10.9 Å². The van der Waals surface area contributed by atoms with E-state index >= 15 is 4.39 Å². The van der Waals surface area contributed by atoms with Crippen molar-refractivity contribution in [3.63, 3.8) is 0 Å². The summed E-state index contributed by atoms with van der Waals surface area (Å²) in [7, 11) is 0. The van der Waals surface area contributed by atoms with E-state index in [-0.39, 0.29) is 22.8 Å². The molecule has 4 saturated heterocycles. The smallest absolute Gasteiger partial charge is 0.319 e. The lowest BCUT2D eigenvalue weighted by molar-refractivity contribution is 0.0388. The first-order chi connectivity index (χ1) is 20.1. The van der Waals surface area contributed by atoms with Crippen molar-refractivity contribution in [2.45, 2.75) is 62.6 Å². The number of pyridine rings is 1. The molecule has 0 amide bonds. The number of fused-ring (bicyclic) bond motifs is 5. The van der Waals surface area contributed by atoms with Crippen LogP contribution in [0.4, 0.5) is 10.2 Å². The molecule has 2 bridgehead atoms. The maximum atomic E-state index is 16.6. The van der Waals surface area contributed by atoms with Crippen LogP contribution in [0, 0.1) is 5.82 Å². The zero-order chi connectivity index (χ0) is 27.6. The highest BCUT2D eigenvalue weighted by atomic mass is 35.5. The van der Waals surface area contributed by atoms with E-state index in [2.05, 4.69) is 20.1 Å². The van der Waals surface area contributed by atoms with Crippen molar-refractivity contribution >= 4 is 39.1 Å². The standard InChI is InChI=1S/C32H34ClFN6O/c33-25-9-4-7-20-6-3-8-23(26(20)25)28-27(34)29-24(16-35-28)30(39-17-21-10-11-22(18-39)36-21)38-31(37-29)41-19-32-12-1-2-14-40(32)15-5-13-32/h3-4,6-9,16,21-22,36H,1-2,5,10-15,17-19H2/t21-,22+,32?.